The molecule has 0 saturated heterocycles. The summed E-state index contributed by atoms with van der Waals surface area (Å²) in [6, 6.07) is 12.8. The van der Waals surface area contributed by atoms with Gasteiger partial charge in [0.25, 0.3) is 0 Å². The van der Waals surface area contributed by atoms with Crippen molar-refractivity contribution in [2.75, 3.05) is 6.79 Å². The average molecular weight is 335 g/mol. The van der Waals surface area contributed by atoms with E-state index in [0.29, 0.717) is 34.9 Å². The summed E-state index contributed by atoms with van der Waals surface area (Å²) in [7, 11) is 0. The summed E-state index contributed by atoms with van der Waals surface area (Å²) in [5.74, 6) is 2.53. The fourth-order valence-electron chi connectivity index (χ4n) is 2.86. The zero-order valence-electron chi connectivity index (χ0n) is 14.0. The fraction of sp³-hybridized carbons (Fsp3) is 0.200. The summed E-state index contributed by atoms with van der Waals surface area (Å²) in [5, 5.41) is 0. The Morgan fingerprint density at radius 1 is 1.08 bits per heavy atom. The van der Waals surface area contributed by atoms with Crippen LogP contribution in [-0.2, 0) is 6.42 Å². The van der Waals surface area contributed by atoms with Gasteiger partial charge in [0.1, 0.15) is 5.76 Å². The number of fused-ring (bicyclic) bond motifs is 1. The summed E-state index contributed by atoms with van der Waals surface area (Å²) >= 11 is 0. The Morgan fingerprint density at radius 3 is 2.48 bits per heavy atom. The lowest BCUT2D eigenvalue weighted by atomic mass is 9.96. The van der Waals surface area contributed by atoms with E-state index in [1.807, 2.05) is 38.1 Å². The summed E-state index contributed by atoms with van der Waals surface area (Å²) in [5.41, 5.74) is 2.86. The second-order valence-electron chi connectivity index (χ2n) is 5.98. The monoisotopic (exact) mass is 335 g/mol. The van der Waals surface area contributed by atoms with Crippen molar-refractivity contribution < 1.29 is 18.7 Å². The van der Waals surface area contributed by atoms with Crippen LogP contribution in [0.2, 0.25) is 0 Å². The molecule has 2 aromatic carbocycles. The molecule has 0 bridgehead atoms. The van der Waals surface area contributed by atoms with E-state index in [0.717, 1.165) is 17.0 Å². The minimum absolute atomic E-state index is 0.0612. The van der Waals surface area contributed by atoms with E-state index < -0.39 is 0 Å². The SMILES string of the molecule is Cc1nc(Cc2cc3c(cc2C(=O)c2ccccc2)OCO3)oc1C. The van der Waals surface area contributed by atoms with E-state index in [4.69, 9.17) is 13.9 Å². The molecule has 0 unspecified atom stereocenters. The number of hydrogen-bond acceptors (Lipinski definition) is 5. The maximum atomic E-state index is 13.0. The van der Waals surface area contributed by atoms with E-state index in [9.17, 15) is 4.79 Å². The Bertz CT molecular complexity index is 924. The molecule has 0 radical (unpaired) electrons. The van der Waals surface area contributed by atoms with Gasteiger partial charge in [-0.25, -0.2) is 4.98 Å². The van der Waals surface area contributed by atoms with Crippen molar-refractivity contribution in [3.05, 3.63) is 76.5 Å². The maximum absolute atomic E-state index is 13.0. The van der Waals surface area contributed by atoms with Gasteiger partial charge in [0.15, 0.2) is 23.2 Å². The van der Waals surface area contributed by atoms with Gasteiger partial charge in [-0.15, -0.1) is 0 Å². The number of rotatable bonds is 4. The van der Waals surface area contributed by atoms with Crippen molar-refractivity contribution in [2.24, 2.45) is 0 Å². The Balaban J connectivity index is 1.78. The largest absolute Gasteiger partial charge is 0.454 e. The number of ketones is 1. The molecule has 0 atom stereocenters. The lowest BCUT2D eigenvalue weighted by Gasteiger charge is -2.09. The molecule has 4 rings (SSSR count). The second kappa shape index (κ2) is 6.09. The number of oxazole rings is 1. The first-order valence-electron chi connectivity index (χ1n) is 8.07. The first kappa shape index (κ1) is 15.4. The summed E-state index contributed by atoms with van der Waals surface area (Å²) < 4.78 is 16.6. The highest BCUT2D eigenvalue weighted by atomic mass is 16.7. The summed E-state index contributed by atoms with van der Waals surface area (Å²) in [6.07, 6.45) is 0.416. The maximum Gasteiger partial charge on any atom is 0.231 e. The molecule has 126 valence electrons. The normalized spacial score (nSPS) is 12.4. The highest BCUT2D eigenvalue weighted by Gasteiger charge is 2.23. The Kier molecular flexibility index (Phi) is 3.76. The van der Waals surface area contributed by atoms with Gasteiger partial charge in [-0.3, -0.25) is 4.79 Å². The predicted octanol–water partition coefficient (Wildman–Crippen LogP) is 3.84. The highest BCUT2D eigenvalue weighted by molar-refractivity contribution is 6.10. The number of carbonyl (C=O) groups is 1. The van der Waals surface area contributed by atoms with E-state index >= 15 is 0 Å². The van der Waals surface area contributed by atoms with Crippen molar-refractivity contribution in [3.8, 4) is 11.5 Å². The summed E-state index contributed by atoms with van der Waals surface area (Å²) in [6.45, 7) is 3.94. The standard InChI is InChI=1S/C20H17NO4/c1-12-13(2)25-19(21-12)9-15-8-17-18(24-11-23-17)10-16(15)20(22)14-6-4-3-5-7-14/h3-8,10H,9,11H2,1-2H3. The number of hydrogen-bond donors (Lipinski definition) is 0. The van der Waals surface area contributed by atoms with Crippen LogP contribution in [-0.4, -0.2) is 17.6 Å². The van der Waals surface area contributed by atoms with Crippen LogP contribution in [0, 0.1) is 13.8 Å². The Hall–Kier alpha value is -3.08. The molecule has 5 nitrogen and oxygen atoms in total. The van der Waals surface area contributed by atoms with Crippen LogP contribution >= 0.6 is 0 Å². The lowest BCUT2D eigenvalue weighted by molar-refractivity contribution is 0.103. The van der Waals surface area contributed by atoms with Crippen molar-refractivity contribution in [1.29, 1.82) is 0 Å². The number of aryl methyl sites for hydroxylation is 2. The minimum atomic E-state index is -0.0612. The fourth-order valence-corrected chi connectivity index (χ4v) is 2.86. The summed E-state index contributed by atoms with van der Waals surface area (Å²) in [4.78, 5) is 17.4. The predicted molar refractivity (Wildman–Crippen MR) is 91.2 cm³/mol. The molecule has 0 fully saturated rings. The molecular formula is C20H17NO4. The van der Waals surface area contributed by atoms with Gasteiger partial charge in [0.2, 0.25) is 6.79 Å². The van der Waals surface area contributed by atoms with Crippen LogP contribution in [0.25, 0.3) is 0 Å². The molecule has 5 heteroatoms. The van der Waals surface area contributed by atoms with Gasteiger partial charge in [-0.1, -0.05) is 30.3 Å². The van der Waals surface area contributed by atoms with Crippen molar-refractivity contribution in [1.82, 2.24) is 4.98 Å². The topological polar surface area (TPSA) is 61.6 Å². The first-order valence-corrected chi connectivity index (χ1v) is 8.07. The van der Waals surface area contributed by atoms with Crippen LogP contribution in [0.1, 0.15) is 38.8 Å². The second-order valence-corrected chi connectivity index (χ2v) is 5.98. The molecule has 2 heterocycles. The average Bonchev–Trinajstić information content (AvgIpc) is 3.20. The molecule has 1 aliphatic heterocycles. The molecule has 25 heavy (non-hydrogen) atoms. The van der Waals surface area contributed by atoms with Crippen LogP contribution in [0.4, 0.5) is 0 Å². The smallest absolute Gasteiger partial charge is 0.231 e. The van der Waals surface area contributed by atoms with Crippen LogP contribution in [0.5, 0.6) is 11.5 Å². The first-order chi connectivity index (χ1) is 12.1. The minimum Gasteiger partial charge on any atom is -0.454 e. The third-order valence-corrected chi connectivity index (χ3v) is 4.29. The molecule has 0 saturated carbocycles. The number of ether oxygens (including phenoxy) is 2. The number of carbonyl (C=O) groups excluding carboxylic acids is 1. The number of benzene rings is 2. The molecule has 0 aliphatic carbocycles. The Labute approximate surface area is 145 Å². The van der Waals surface area contributed by atoms with E-state index in [-0.39, 0.29) is 12.6 Å². The van der Waals surface area contributed by atoms with Crippen LogP contribution in [0.15, 0.2) is 46.9 Å². The molecule has 0 spiro atoms. The van der Waals surface area contributed by atoms with Crippen LogP contribution < -0.4 is 9.47 Å². The lowest BCUT2D eigenvalue weighted by Crippen LogP contribution is -2.06. The third-order valence-electron chi connectivity index (χ3n) is 4.29. The number of aromatic nitrogens is 1. The third kappa shape index (κ3) is 2.89. The zero-order chi connectivity index (χ0) is 17.4. The van der Waals surface area contributed by atoms with Crippen molar-refractivity contribution in [2.45, 2.75) is 20.3 Å². The molecular weight excluding hydrogens is 318 g/mol. The van der Waals surface area contributed by atoms with Crippen molar-refractivity contribution in [3.63, 3.8) is 0 Å². The number of nitrogens with zero attached hydrogens (tertiary/aromatic N) is 1. The van der Waals surface area contributed by atoms with E-state index in [1.165, 1.54) is 0 Å². The zero-order valence-corrected chi connectivity index (χ0v) is 14.0. The van der Waals surface area contributed by atoms with Crippen molar-refractivity contribution >= 4 is 5.78 Å². The molecule has 0 amide bonds. The van der Waals surface area contributed by atoms with Gasteiger partial charge in [0, 0.05) is 11.1 Å². The van der Waals surface area contributed by atoms with Gasteiger partial charge in [-0.2, -0.15) is 0 Å². The van der Waals surface area contributed by atoms with E-state index in [1.54, 1.807) is 18.2 Å². The highest BCUT2D eigenvalue weighted by Crippen LogP contribution is 2.36. The van der Waals surface area contributed by atoms with Crippen LogP contribution in [0.3, 0.4) is 0 Å². The van der Waals surface area contributed by atoms with Gasteiger partial charge in [0.05, 0.1) is 12.1 Å². The van der Waals surface area contributed by atoms with E-state index in [2.05, 4.69) is 4.98 Å². The van der Waals surface area contributed by atoms with Gasteiger partial charge in [-0.05, 0) is 31.5 Å². The molecule has 1 aliphatic rings. The quantitative estimate of drug-likeness (QED) is 0.678. The molecule has 1 aromatic heterocycles. The molecule has 0 N–H and O–H groups in total. The van der Waals surface area contributed by atoms with Gasteiger partial charge < -0.3 is 13.9 Å². The molecule has 3 aromatic rings. The Morgan fingerprint density at radius 2 is 1.80 bits per heavy atom. The van der Waals surface area contributed by atoms with Gasteiger partial charge >= 0.3 is 0 Å².